The van der Waals surface area contributed by atoms with Gasteiger partial charge in [-0.3, -0.25) is 0 Å². The van der Waals surface area contributed by atoms with Gasteiger partial charge in [0.15, 0.2) is 0 Å². The molecule has 0 fully saturated rings. The van der Waals surface area contributed by atoms with Crippen molar-refractivity contribution in [3.05, 3.63) is 29.8 Å². The number of rotatable bonds is 17. The minimum Gasteiger partial charge on any atom is -1.00 e. The smallest absolute Gasteiger partial charge is 1.00 e. The monoisotopic (exact) mass is 477 g/mol. The van der Waals surface area contributed by atoms with Crippen molar-refractivity contribution in [2.75, 3.05) is 0 Å². The van der Waals surface area contributed by atoms with E-state index in [1.54, 1.807) is 0 Å². The topological polar surface area (TPSA) is 0 Å². The van der Waals surface area contributed by atoms with Crippen LogP contribution in [-0.2, 0) is 32.6 Å². The molecular formula is C23H41Cl2Zr. The van der Waals surface area contributed by atoms with Crippen molar-refractivity contribution in [3.63, 3.8) is 0 Å². The Morgan fingerprint density at radius 3 is 1.15 bits per heavy atom. The van der Waals surface area contributed by atoms with Gasteiger partial charge in [0.1, 0.15) is 0 Å². The van der Waals surface area contributed by atoms with Crippen LogP contribution < -0.4 is 24.8 Å². The zero-order valence-corrected chi connectivity index (χ0v) is 21.1. The van der Waals surface area contributed by atoms with Gasteiger partial charge in [-0.15, -0.1) is 0 Å². The van der Waals surface area contributed by atoms with Crippen LogP contribution in [-0.4, -0.2) is 0 Å². The molecule has 1 aromatic carbocycles. The molecule has 0 unspecified atom stereocenters. The minimum atomic E-state index is 0. The molecule has 1 radical (unpaired) electrons. The maximum absolute atomic E-state index is 2.30. The molecule has 0 saturated carbocycles. The molecule has 151 valence electrons. The molecular weight excluding hydrogens is 438 g/mol. The summed E-state index contributed by atoms with van der Waals surface area (Å²) in [4.78, 5) is 0. The van der Waals surface area contributed by atoms with E-state index in [1.807, 2.05) is 0 Å². The second-order valence-electron chi connectivity index (χ2n) is 7.35. The molecule has 0 atom stereocenters. The normalized spacial score (nSPS) is 9.88. The average molecular weight is 480 g/mol. The van der Waals surface area contributed by atoms with Crippen molar-refractivity contribution in [2.45, 2.75) is 116 Å². The molecule has 1 rings (SSSR count). The quantitative estimate of drug-likeness (QED) is 0.237. The molecule has 0 saturated heterocycles. The molecule has 3 heteroatoms. The van der Waals surface area contributed by atoms with E-state index in [4.69, 9.17) is 0 Å². The van der Waals surface area contributed by atoms with Gasteiger partial charge in [0, 0.05) is 0 Å². The second-order valence-corrected chi connectivity index (χ2v) is 7.35. The van der Waals surface area contributed by atoms with E-state index in [9.17, 15) is 0 Å². The molecule has 0 bridgehead atoms. The van der Waals surface area contributed by atoms with E-state index in [2.05, 4.69) is 31.2 Å². The van der Waals surface area contributed by atoms with E-state index in [-0.39, 0.29) is 51.0 Å². The Bertz CT molecular complexity index is 325. The van der Waals surface area contributed by atoms with Crippen LogP contribution in [0, 0.1) is 0 Å². The second kappa shape index (κ2) is 25.8. The third kappa shape index (κ3) is 21.1. The van der Waals surface area contributed by atoms with Crippen LogP contribution in [0.25, 0.3) is 0 Å². The number of unbranched alkanes of at least 4 members (excludes halogenated alkanes) is 15. The molecule has 0 nitrogen and oxygen atoms in total. The Morgan fingerprint density at radius 2 is 0.808 bits per heavy atom. The average Bonchev–Trinajstić information content (AvgIpc) is 3.08. The van der Waals surface area contributed by atoms with Gasteiger partial charge in [-0.2, -0.15) is 17.7 Å². The van der Waals surface area contributed by atoms with E-state index in [1.165, 1.54) is 115 Å². The van der Waals surface area contributed by atoms with Crippen LogP contribution in [0.4, 0.5) is 0 Å². The first-order valence-corrected chi connectivity index (χ1v) is 10.6. The van der Waals surface area contributed by atoms with E-state index in [0.717, 1.165) is 0 Å². The summed E-state index contributed by atoms with van der Waals surface area (Å²) in [6.45, 7) is 2.30. The summed E-state index contributed by atoms with van der Waals surface area (Å²) in [5.41, 5.74) is 1.52. The first-order valence-electron chi connectivity index (χ1n) is 10.6. The Kier molecular flexibility index (Phi) is 31.3. The van der Waals surface area contributed by atoms with Gasteiger partial charge in [0.25, 0.3) is 0 Å². The summed E-state index contributed by atoms with van der Waals surface area (Å²) in [6.07, 6.45) is 24.5. The standard InChI is InChI=1S/C23H41.2ClH.Zr/c1-2-3-4-5-6-7-8-9-10-11-12-13-14-15-16-17-20-23-21-18-19-22-23;;;/h18-19,21-22H,2-17,20H2,1H3;2*1H;/q-1;;;+3/p-2. The summed E-state index contributed by atoms with van der Waals surface area (Å²) in [7, 11) is 0. The summed E-state index contributed by atoms with van der Waals surface area (Å²) in [6, 6.07) is 8.82. The van der Waals surface area contributed by atoms with Gasteiger partial charge in [-0.1, -0.05) is 116 Å². The van der Waals surface area contributed by atoms with Crippen LogP contribution in [0.1, 0.15) is 115 Å². The molecule has 0 aliphatic carbocycles. The number of halogens is 2. The minimum absolute atomic E-state index is 0. The van der Waals surface area contributed by atoms with E-state index < -0.39 is 0 Å². The molecule has 0 amide bonds. The van der Waals surface area contributed by atoms with Gasteiger partial charge in [0.2, 0.25) is 0 Å². The number of hydrogen-bond donors (Lipinski definition) is 0. The number of aryl methyl sites for hydroxylation is 1. The molecule has 26 heavy (non-hydrogen) atoms. The third-order valence-corrected chi connectivity index (χ3v) is 5.05. The van der Waals surface area contributed by atoms with Gasteiger partial charge in [-0.05, 0) is 0 Å². The fraction of sp³-hybridized carbons (Fsp3) is 0.783. The molecule has 1 aromatic rings. The van der Waals surface area contributed by atoms with Crippen molar-refractivity contribution in [1.82, 2.24) is 0 Å². The summed E-state index contributed by atoms with van der Waals surface area (Å²) in [5, 5.41) is 0. The van der Waals surface area contributed by atoms with Crippen molar-refractivity contribution in [2.24, 2.45) is 0 Å². The zero-order chi connectivity index (χ0) is 16.4. The Balaban J connectivity index is -0.00000176. The van der Waals surface area contributed by atoms with Crippen LogP contribution >= 0.6 is 0 Å². The third-order valence-electron chi connectivity index (χ3n) is 5.05. The predicted molar refractivity (Wildman–Crippen MR) is 105 cm³/mol. The van der Waals surface area contributed by atoms with E-state index in [0.29, 0.717) is 0 Å². The van der Waals surface area contributed by atoms with Gasteiger partial charge in [-0.25, -0.2) is 12.1 Å². The van der Waals surface area contributed by atoms with Crippen LogP contribution in [0.3, 0.4) is 0 Å². The summed E-state index contributed by atoms with van der Waals surface area (Å²) >= 11 is 0. The van der Waals surface area contributed by atoms with Crippen LogP contribution in [0.2, 0.25) is 0 Å². The SMILES string of the molecule is CCCCCCCCCCCCCCCCCC[c-]1cccc1.[Cl-].[Cl-].[Zr+3]. The van der Waals surface area contributed by atoms with Gasteiger partial charge >= 0.3 is 26.2 Å². The van der Waals surface area contributed by atoms with Crippen molar-refractivity contribution in [1.29, 1.82) is 0 Å². The van der Waals surface area contributed by atoms with Crippen LogP contribution in [0.5, 0.6) is 0 Å². The molecule has 0 aliphatic heterocycles. The van der Waals surface area contributed by atoms with Crippen LogP contribution in [0.15, 0.2) is 24.3 Å². The maximum Gasteiger partial charge on any atom is 3.00 e. The number of hydrogen-bond acceptors (Lipinski definition) is 0. The van der Waals surface area contributed by atoms with Crippen molar-refractivity contribution in [3.8, 4) is 0 Å². The fourth-order valence-electron chi connectivity index (χ4n) is 3.46. The Hall–Kier alpha value is 0.813. The van der Waals surface area contributed by atoms with Crippen molar-refractivity contribution < 1.29 is 51.0 Å². The molecule has 0 aliphatic rings. The fourth-order valence-corrected chi connectivity index (χ4v) is 3.46. The maximum atomic E-state index is 2.30. The molecule has 0 aromatic heterocycles. The van der Waals surface area contributed by atoms with Crippen molar-refractivity contribution >= 4 is 0 Å². The summed E-state index contributed by atoms with van der Waals surface area (Å²) in [5.74, 6) is 0. The first kappa shape index (κ1) is 31.5. The van der Waals surface area contributed by atoms with Gasteiger partial charge in [0.05, 0.1) is 0 Å². The molecule has 0 spiro atoms. The zero-order valence-electron chi connectivity index (χ0n) is 17.1. The summed E-state index contributed by atoms with van der Waals surface area (Å²) < 4.78 is 0. The van der Waals surface area contributed by atoms with Gasteiger partial charge < -0.3 is 24.8 Å². The first-order chi connectivity index (χ1) is 11.4. The van der Waals surface area contributed by atoms with E-state index >= 15 is 0 Å². The largest absolute Gasteiger partial charge is 3.00 e. The Labute approximate surface area is 196 Å². The predicted octanol–water partition coefficient (Wildman–Crippen LogP) is 2.22. The molecule has 0 heterocycles. The molecule has 0 N–H and O–H groups in total. The Morgan fingerprint density at radius 1 is 0.500 bits per heavy atom.